The van der Waals surface area contributed by atoms with Crippen LogP contribution >= 0.6 is 0 Å². The molecule has 0 aliphatic carbocycles. The van der Waals surface area contributed by atoms with Crippen molar-refractivity contribution >= 4 is 11.5 Å². The van der Waals surface area contributed by atoms with Gasteiger partial charge in [-0.25, -0.2) is 13.8 Å². The van der Waals surface area contributed by atoms with Gasteiger partial charge < -0.3 is 10.2 Å². The summed E-state index contributed by atoms with van der Waals surface area (Å²) in [5.74, 6) is -0.810. The number of aromatic nitrogens is 1. The van der Waals surface area contributed by atoms with E-state index in [0.717, 1.165) is 12.1 Å². The largest absolute Gasteiger partial charge is 0.378 e. The Morgan fingerprint density at radius 3 is 2.52 bits per heavy atom. The van der Waals surface area contributed by atoms with Crippen LogP contribution in [0.1, 0.15) is 11.1 Å². The molecule has 21 heavy (non-hydrogen) atoms. The molecule has 108 valence electrons. The quantitative estimate of drug-likeness (QED) is 0.940. The second kappa shape index (κ2) is 6.18. The van der Waals surface area contributed by atoms with Crippen LogP contribution in [0.25, 0.3) is 0 Å². The van der Waals surface area contributed by atoms with E-state index in [2.05, 4.69) is 10.3 Å². The summed E-state index contributed by atoms with van der Waals surface area (Å²) in [7, 11) is 3.66. The maximum Gasteiger partial charge on any atom is 0.151 e. The maximum absolute atomic E-state index is 13.8. The van der Waals surface area contributed by atoms with Crippen LogP contribution in [0.4, 0.5) is 20.3 Å². The van der Waals surface area contributed by atoms with Crippen molar-refractivity contribution in [1.82, 2.24) is 4.98 Å². The van der Waals surface area contributed by atoms with Gasteiger partial charge in [0.25, 0.3) is 0 Å². The summed E-state index contributed by atoms with van der Waals surface area (Å²) in [6.07, 6.45) is 1.64. The van der Waals surface area contributed by atoms with Gasteiger partial charge >= 0.3 is 0 Å². The Bertz CT molecular complexity index is 669. The van der Waals surface area contributed by atoms with E-state index in [1.165, 1.54) is 0 Å². The van der Waals surface area contributed by atoms with Gasteiger partial charge in [-0.2, -0.15) is 5.26 Å². The predicted molar refractivity (Wildman–Crippen MR) is 77.0 cm³/mol. The molecule has 0 aliphatic rings. The second-order valence-corrected chi connectivity index (χ2v) is 4.65. The minimum Gasteiger partial charge on any atom is -0.378 e. The van der Waals surface area contributed by atoms with Gasteiger partial charge in [-0.3, -0.25) is 0 Å². The van der Waals surface area contributed by atoms with E-state index < -0.39 is 11.6 Å². The van der Waals surface area contributed by atoms with Crippen LogP contribution in [0.15, 0.2) is 30.5 Å². The molecule has 0 unspecified atom stereocenters. The molecule has 0 spiro atoms. The molecule has 0 saturated carbocycles. The lowest BCUT2D eigenvalue weighted by atomic mass is 10.1. The van der Waals surface area contributed by atoms with Crippen LogP contribution in [0.5, 0.6) is 0 Å². The van der Waals surface area contributed by atoms with Crippen molar-refractivity contribution in [3.63, 3.8) is 0 Å². The number of halogens is 2. The monoisotopic (exact) mass is 288 g/mol. The van der Waals surface area contributed by atoms with Crippen molar-refractivity contribution in [3.05, 3.63) is 53.2 Å². The molecule has 2 rings (SSSR count). The summed E-state index contributed by atoms with van der Waals surface area (Å²) in [4.78, 5) is 6.00. The van der Waals surface area contributed by atoms with Crippen molar-refractivity contribution < 1.29 is 8.78 Å². The number of anilines is 2. The third-order valence-corrected chi connectivity index (χ3v) is 2.94. The molecule has 0 fully saturated rings. The molecular weight excluding hydrogens is 274 g/mol. The van der Waals surface area contributed by atoms with Crippen LogP contribution in [-0.4, -0.2) is 19.1 Å². The molecule has 6 heteroatoms. The van der Waals surface area contributed by atoms with Crippen LogP contribution in [0, 0.1) is 23.0 Å². The number of nitrogens with zero attached hydrogens (tertiary/aromatic N) is 3. The van der Waals surface area contributed by atoms with Crippen LogP contribution in [0.2, 0.25) is 0 Å². The summed E-state index contributed by atoms with van der Waals surface area (Å²) < 4.78 is 27.6. The fourth-order valence-corrected chi connectivity index (χ4v) is 1.91. The van der Waals surface area contributed by atoms with Crippen molar-refractivity contribution in [2.75, 3.05) is 24.3 Å². The van der Waals surface area contributed by atoms with Crippen molar-refractivity contribution in [1.29, 1.82) is 5.26 Å². The number of hydrogen-bond donors (Lipinski definition) is 1. The first kappa shape index (κ1) is 14.7. The van der Waals surface area contributed by atoms with Gasteiger partial charge in [0.15, 0.2) is 5.82 Å². The zero-order valence-electron chi connectivity index (χ0n) is 11.7. The third-order valence-electron chi connectivity index (χ3n) is 2.94. The lowest BCUT2D eigenvalue weighted by molar-refractivity contribution is 0.559. The number of nitrogens with one attached hydrogen (secondary N) is 1. The molecule has 0 radical (unpaired) electrons. The van der Waals surface area contributed by atoms with Gasteiger partial charge in [0, 0.05) is 32.4 Å². The Hall–Kier alpha value is -2.68. The van der Waals surface area contributed by atoms with E-state index in [4.69, 9.17) is 5.26 Å². The summed E-state index contributed by atoms with van der Waals surface area (Å²) in [6.45, 7) is -0.0318. The van der Waals surface area contributed by atoms with Gasteiger partial charge in [0.05, 0.1) is 17.3 Å². The Labute approximate surface area is 121 Å². The fourth-order valence-electron chi connectivity index (χ4n) is 1.91. The highest BCUT2D eigenvalue weighted by molar-refractivity contribution is 5.64. The lowest BCUT2D eigenvalue weighted by Crippen LogP contribution is -2.14. The van der Waals surface area contributed by atoms with E-state index in [-0.39, 0.29) is 17.7 Å². The Morgan fingerprint density at radius 1 is 1.29 bits per heavy atom. The summed E-state index contributed by atoms with van der Waals surface area (Å²) in [5, 5.41) is 11.6. The highest BCUT2D eigenvalue weighted by atomic mass is 19.1. The van der Waals surface area contributed by atoms with E-state index in [0.29, 0.717) is 11.5 Å². The molecule has 1 aromatic carbocycles. The molecule has 1 heterocycles. The minimum atomic E-state index is -0.741. The zero-order valence-corrected chi connectivity index (χ0v) is 11.7. The minimum absolute atomic E-state index is 0.0318. The lowest BCUT2D eigenvalue weighted by Gasteiger charge is -2.17. The summed E-state index contributed by atoms with van der Waals surface area (Å²) in [6, 6.07) is 7.28. The van der Waals surface area contributed by atoms with Gasteiger partial charge in [-0.1, -0.05) is 0 Å². The highest BCUT2D eigenvalue weighted by Crippen LogP contribution is 2.22. The van der Waals surface area contributed by atoms with Crippen LogP contribution in [0.3, 0.4) is 0 Å². The SMILES string of the molecule is CN(C)c1ncccc1NCc1c(F)cc(C#N)cc1F. The molecule has 1 aromatic heterocycles. The molecule has 0 amide bonds. The molecule has 0 bridgehead atoms. The number of benzene rings is 1. The molecule has 4 nitrogen and oxygen atoms in total. The maximum atomic E-state index is 13.8. The Balaban J connectivity index is 2.24. The zero-order chi connectivity index (χ0) is 15.4. The van der Waals surface area contributed by atoms with Gasteiger partial charge in [0.1, 0.15) is 11.6 Å². The topological polar surface area (TPSA) is 52.0 Å². The molecular formula is C15H14F2N4. The van der Waals surface area contributed by atoms with Crippen molar-refractivity contribution in [3.8, 4) is 6.07 Å². The van der Waals surface area contributed by atoms with E-state index >= 15 is 0 Å². The highest BCUT2D eigenvalue weighted by Gasteiger charge is 2.12. The third kappa shape index (κ3) is 3.26. The Morgan fingerprint density at radius 2 is 1.95 bits per heavy atom. The smallest absolute Gasteiger partial charge is 0.151 e. The number of nitriles is 1. The van der Waals surface area contributed by atoms with Crippen LogP contribution in [-0.2, 0) is 6.54 Å². The second-order valence-electron chi connectivity index (χ2n) is 4.65. The average molecular weight is 288 g/mol. The standard InChI is InChI=1S/C15H14F2N4/c1-21(2)15-14(4-3-5-19-15)20-9-11-12(16)6-10(8-18)7-13(11)17/h3-7,20H,9H2,1-2H3. The molecule has 0 atom stereocenters. The number of hydrogen-bond acceptors (Lipinski definition) is 4. The molecule has 2 aromatic rings. The average Bonchev–Trinajstić information content (AvgIpc) is 2.46. The summed E-state index contributed by atoms with van der Waals surface area (Å²) in [5.41, 5.74) is 0.525. The number of pyridine rings is 1. The van der Waals surface area contributed by atoms with E-state index in [1.807, 2.05) is 14.1 Å². The van der Waals surface area contributed by atoms with Gasteiger partial charge in [-0.05, 0) is 24.3 Å². The summed E-state index contributed by atoms with van der Waals surface area (Å²) >= 11 is 0. The first-order valence-electron chi connectivity index (χ1n) is 6.27. The van der Waals surface area contributed by atoms with Gasteiger partial charge in [-0.15, -0.1) is 0 Å². The van der Waals surface area contributed by atoms with Crippen molar-refractivity contribution in [2.24, 2.45) is 0 Å². The fraction of sp³-hybridized carbons (Fsp3) is 0.200. The normalized spacial score (nSPS) is 10.0. The van der Waals surface area contributed by atoms with Crippen LogP contribution < -0.4 is 10.2 Å². The van der Waals surface area contributed by atoms with E-state index in [1.54, 1.807) is 29.3 Å². The first-order valence-corrected chi connectivity index (χ1v) is 6.27. The first-order chi connectivity index (χ1) is 10.0. The molecule has 0 saturated heterocycles. The predicted octanol–water partition coefficient (Wildman–Crippen LogP) is 2.91. The van der Waals surface area contributed by atoms with Gasteiger partial charge in [0.2, 0.25) is 0 Å². The Kier molecular flexibility index (Phi) is 4.33. The molecule has 0 aliphatic heterocycles. The van der Waals surface area contributed by atoms with E-state index in [9.17, 15) is 8.78 Å². The van der Waals surface area contributed by atoms with Crippen molar-refractivity contribution in [2.45, 2.75) is 6.54 Å². The number of rotatable bonds is 4. The molecule has 1 N–H and O–H groups in total.